The van der Waals surface area contributed by atoms with E-state index in [-0.39, 0.29) is 17.7 Å². The van der Waals surface area contributed by atoms with Crippen molar-refractivity contribution in [2.45, 2.75) is 43.3 Å². The minimum atomic E-state index is -2.47. The molecule has 2 rings (SSSR count). The number of likely N-dealkylation sites (tertiary alicyclic amines) is 1. The van der Waals surface area contributed by atoms with Crippen LogP contribution in [0.25, 0.3) is 0 Å². The molecule has 26 heavy (non-hydrogen) atoms. The van der Waals surface area contributed by atoms with Crippen LogP contribution in [0.1, 0.15) is 43.0 Å². The lowest BCUT2D eigenvalue weighted by Gasteiger charge is -2.33. The van der Waals surface area contributed by atoms with Crippen LogP contribution >= 0.6 is 11.8 Å². The smallest absolute Gasteiger partial charge is 0.288 e. The molecule has 0 bridgehead atoms. The van der Waals surface area contributed by atoms with Gasteiger partial charge in [0.05, 0.1) is 0 Å². The summed E-state index contributed by atoms with van der Waals surface area (Å²) in [6.45, 7) is 3.97. The number of piperidine rings is 1. The monoisotopic (exact) mass is 384 g/mol. The molecule has 1 saturated heterocycles. The lowest BCUT2D eigenvalue weighted by atomic mass is 9.95. The van der Waals surface area contributed by atoms with Gasteiger partial charge in [-0.25, -0.2) is 0 Å². The molecule has 1 aromatic carbocycles. The zero-order chi connectivity index (χ0) is 19.1. The number of benzene rings is 1. The van der Waals surface area contributed by atoms with Gasteiger partial charge in [0, 0.05) is 43.1 Å². The van der Waals surface area contributed by atoms with Crippen LogP contribution in [0.2, 0.25) is 0 Å². The number of hydrogen-bond acceptors (Lipinski definition) is 3. The predicted molar refractivity (Wildman–Crippen MR) is 99.5 cm³/mol. The van der Waals surface area contributed by atoms with Crippen molar-refractivity contribution < 1.29 is 18.4 Å². The second kappa shape index (κ2) is 9.90. The Hall–Kier alpha value is -1.63. The van der Waals surface area contributed by atoms with Crippen LogP contribution in [-0.4, -0.2) is 54.1 Å². The van der Waals surface area contributed by atoms with Crippen molar-refractivity contribution in [1.82, 2.24) is 9.80 Å². The quantitative estimate of drug-likeness (QED) is 0.664. The van der Waals surface area contributed by atoms with Crippen LogP contribution in [0.4, 0.5) is 8.78 Å². The molecule has 0 unspecified atom stereocenters. The van der Waals surface area contributed by atoms with E-state index in [0.29, 0.717) is 48.2 Å². The number of unbranched alkanes of at least 4 members (excludes halogenated alkanes) is 1. The third-order valence-corrected chi connectivity index (χ3v) is 5.40. The first-order valence-electron chi connectivity index (χ1n) is 9.01. The van der Waals surface area contributed by atoms with Crippen molar-refractivity contribution in [2.75, 3.05) is 26.7 Å². The summed E-state index contributed by atoms with van der Waals surface area (Å²) in [5, 5.41) is 0. The highest BCUT2D eigenvalue weighted by Crippen LogP contribution is 2.26. The Morgan fingerprint density at radius 2 is 1.85 bits per heavy atom. The van der Waals surface area contributed by atoms with Crippen LogP contribution < -0.4 is 0 Å². The van der Waals surface area contributed by atoms with Gasteiger partial charge < -0.3 is 9.80 Å². The second-order valence-electron chi connectivity index (χ2n) is 6.58. The summed E-state index contributed by atoms with van der Waals surface area (Å²) in [6.07, 6.45) is 3.39. The topological polar surface area (TPSA) is 40.6 Å². The van der Waals surface area contributed by atoms with E-state index in [0.717, 1.165) is 19.4 Å². The average Bonchev–Trinajstić information content (AvgIpc) is 2.65. The predicted octanol–water partition coefficient (Wildman–Crippen LogP) is 4.11. The zero-order valence-electron chi connectivity index (χ0n) is 15.3. The van der Waals surface area contributed by atoms with E-state index in [9.17, 15) is 18.4 Å². The van der Waals surface area contributed by atoms with Crippen LogP contribution in [0.15, 0.2) is 29.2 Å². The van der Waals surface area contributed by atoms with Gasteiger partial charge in [-0.3, -0.25) is 9.59 Å². The maximum atomic E-state index is 12.6. The molecule has 4 nitrogen and oxygen atoms in total. The van der Waals surface area contributed by atoms with Gasteiger partial charge in [0.1, 0.15) is 0 Å². The van der Waals surface area contributed by atoms with Gasteiger partial charge in [-0.2, -0.15) is 8.78 Å². The molecule has 7 heteroatoms. The number of amides is 2. The Balaban J connectivity index is 1.87. The highest BCUT2D eigenvalue weighted by molar-refractivity contribution is 7.99. The van der Waals surface area contributed by atoms with Crippen LogP contribution in [-0.2, 0) is 4.79 Å². The number of alkyl halides is 2. The maximum Gasteiger partial charge on any atom is 0.288 e. The van der Waals surface area contributed by atoms with Crippen LogP contribution in [0.5, 0.6) is 0 Å². The van der Waals surface area contributed by atoms with Gasteiger partial charge in [-0.05, 0) is 43.5 Å². The third kappa shape index (κ3) is 5.69. The Kier molecular flexibility index (Phi) is 7.87. The Labute approximate surface area is 157 Å². The fourth-order valence-electron chi connectivity index (χ4n) is 3.11. The number of carbonyl (C=O) groups is 2. The van der Waals surface area contributed by atoms with Gasteiger partial charge in [0.15, 0.2) is 0 Å². The van der Waals surface area contributed by atoms with Crippen molar-refractivity contribution in [1.29, 1.82) is 0 Å². The standard InChI is InChI=1S/C19H26F2N2O2S/c1-3-4-11-22(2)17(24)15-9-12-23(13-10-15)18(25)14-5-7-16(8-6-14)26-19(20)21/h5-8,15,19H,3-4,9-13H2,1-2H3. The summed E-state index contributed by atoms with van der Waals surface area (Å²) in [6, 6.07) is 6.26. The van der Waals surface area contributed by atoms with E-state index in [1.807, 2.05) is 7.05 Å². The summed E-state index contributed by atoms with van der Waals surface area (Å²) >= 11 is 0.466. The largest absolute Gasteiger partial charge is 0.346 e. The molecule has 0 radical (unpaired) electrons. The highest BCUT2D eigenvalue weighted by Gasteiger charge is 2.29. The molecule has 1 aliphatic heterocycles. The van der Waals surface area contributed by atoms with E-state index in [4.69, 9.17) is 0 Å². The van der Waals surface area contributed by atoms with Gasteiger partial charge in [-0.1, -0.05) is 25.1 Å². The van der Waals surface area contributed by atoms with Gasteiger partial charge in [-0.15, -0.1) is 0 Å². The number of hydrogen-bond donors (Lipinski definition) is 0. The van der Waals surface area contributed by atoms with Crippen molar-refractivity contribution >= 4 is 23.6 Å². The molecule has 0 aliphatic carbocycles. The molecule has 0 atom stereocenters. The van der Waals surface area contributed by atoms with Crippen molar-refractivity contribution in [2.24, 2.45) is 5.92 Å². The Morgan fingerprint density at radius 1 is 1.23 bits per heavy atom. The minimum absolute atomic E-state index is 0.0225. The molecule has 2 amide bonds. The molecule has 0 spiro atoms. The average molecular weight is 384 g/mol. The molecule has 0 N–H and O–H groups in total. The second-order valence-corrected chi connectivity index (χ2v) is 7.65. The first kappa shape index (κ1) is 20.7. The summed E-state index contributed by atoms with van der Waals surface area (Å²) in [5.74, 6) is -2.43. The van der Waals surface area contributed by atoms with E-state index >= 15 is 0 Å². The van der Waals surface area contributed by atoms with E-state index < -0.39 is 5.76 Å². The molecular formula is C19H26F2N2O2S. The number of carbonyl (C=O) groups excluding carboxylic acids is 2. The molecule has 1 fully saturated rings. The van der Waals surface area contributed by atoms with Crippen LogP contribution in [0, 0.1) is 5.92 Å². The molecule has 0 saturated carbocycles. The molecular weight excluding hydrogens is 358 g/mol. The SMILES string of the molecule is CCCCN(C)C(=O)C1CCN(C(=O)c2ccc(SC(F)F)cc2)CC1. The van der Waals surface area contributed by atoms with Gasteiger partial charge in [0.25, 0.3) is 11.7 Å². The van der Waals surface area contributed by atoms with E-state index in [1.54, 1.807) is 34.1 Å². The highest BCUT2D eigenvalue weighted by atomic mass is 32.2. The zero-order valence-corrected chi connectivity index (χ0v) is 16.1. The lowest BCUT2D eigenvalue weighted by molar-refractivity contribution is -0.135. The first-order valence-corrected chi connectivity index (χ1v) is 9.89. The molecule has 1 aliphatic rings. The van der Waals surface area contributed by atoms with Crippen molar-refractivity contribution in [3.8, 4) is 0 Å². The fourth-order valence-corrected chi connectivity index (χ4v) is 3.61. The lowest BCUT2D eigenvalue weighted by Crippen LogP contribution is -2.43. The van der Waals surface area contributed by atoms with Crippen molar-refractivity contribution in [3.63, 3.8) is 0 Å². The van der Waals surface area contributed by atoms with Gasteiger partial charge in [0.2, 0.25) is 5.91 Å². The Bertz CT molecular complexity index is 602. The number of halogens is 2. The Morgan fingerprint density at radius 3 is 2.38 bits per heavy atom. The summed E-state index contributed by atoms with van der Waals surface area (Å²) in [4.78, 5) is 29.0. The number of thioether (sulfide) groups is 1. The first-order chi connectivity index (χ1) is 12.4. The minimum Gasteiger partial charge on any atom is -0.346 e. The molecule has 1 aromatic rings. The number of rotatable bonds is 7. The normalized spacial score (nSPS) is 15.3. The maximum absolute atomic E-state index is 12.6. The van der Waals surface area contributed by atoms with Crippen molar-refractivity contribution in [3.05, 3.63) is 29.8 Å². The third-order valence-electron chi connectivity index (χ3n) is 4.68. The van der Waals surface area contributed by atoms with E-state index in [2.05, 4.69) is 6.92 Å². The molecule has 144 valence electrons. The fraction of sp³-hybridized carbons (Fsp3) is 0.579. The molecule has 1 heterocycles. The molecule has 0 aromatic heterocycles. The van der Waals surface area contributed by atoms with Crippen LogP contribution in [0.3, 0.4) is 0 Å². The summed E-state index contributed by atoms with van der Waals surface area (Å²) in [5.41, 5.74) is 0.494. The summed E-state index contributed by atoms with van der Waals surface area (Å²) < 4.78 is 24.7. The number of nitrogens with zero attached hydrogens (tertiary/aromatic N) is 2. The summed E-state index contributed by atoms with van der Waals surface area (Å²) in [7, 11) is 1.84. The van der Waals surface area contributed by atoms with E-state index in [1.165, 1.54) is 0 Å². The van der Waals surface area contributed by atoms with Gasteiger partial charge >= 0.3 is 0 Å².